The molecule has 0 N–H and O–H groups in total. The van der Waals surface area contributed by atoms with Crippen LogP contribution >= 0.6 is 0 Å². The number of methoxy groups -OCH3 is 1. The molecular weight excluding hydrogens is 339 g/mol. The second-order valence-corrected chi connectivity index (χ2v) is 6.29. The average molecular weight is 360 g/mol. The normalized spacial score (nSPS) is 15.1. The minimum absolute atomic E-state index is 0.0912. The molecule has 1 aliphatic rings. The summed E-state index contributed by atoms with van der Waals surface area (Å²) in [4.78, 5) is 28.0. The molecule has 0 aliphatic carbocycles. The van der Waals surface area contributed by atoms with Crippen LogP contribution in [0.1, 0.15) is 32.2 Å². The Bertz CT molecular complexity index is 792. The number of hydrogen-bond donors (Lipinski definition) is 0. The van der Waals surface area contributed by atoms with Crippen molar-refractivity contribution in [3.8, 4) is 0 Å². The number of ether oxygens (including phenoxy) is 1. The standard InChI is InChI=1S/C19H21FN2O4/c1-13-11-16(26-17(13)19(24)25-2)12-21-7-9-22(10-8-21)18(23)14-3-5-15(20)6-4-14/h3-6,11H,7-10,12H2,1-2H3. The van der Waals surface area contributed by atoms with Crippen LogP contribution in [0.3, 0.4) is 0 Å². The average Bonchev–Trinajstić information content (AvgIpc) is 3.02. The molecular formula is C19H21FN2O4. The van der Waals surface area contributed by atoms with Crippen LogP contribution in [0.4, 0.5) is 4.39 Å². The summed E-state index contributed by atoms with van der Waals surface area (Å²) < 4.78 is 23.3. The summed E-state index contributed by atoms with van der Waals surface area (Å²) in [6, 6.07) is 7.43. The van der Waals surface area contributed by atoms with Crippen molar-refractivity contribution in [1.82, 2.24) is 9.80 Å². The Balaban J connectivity index is 1.56. The van der Waals surface area contributed by atoms with Gasteiger partial charge in [0.25, 0.3) is 5.91 Å². The van der Waals surface area contributed by atoms with Gasteiger partial charge in [-0.15, -0.1) is 0 Å². The number of halogens is 1. The molecule has 2 heterocycles. The number of aryl methyl sites for hydroxylation is 1. The Morgan fingerprint density at radius 1 is 1.15 bits per heavy atom. The van der Waals surface area contributed by atoms with E-state index in [1.807, 2.05) is 6.07 Å². The zero-order valence-electron chi connectivity index (χ0n) is 14.8. The number of benzene rings is 1. The lowest BCUT2D eigenvalue weighted by molar-refractivity contribution is 0.0548. The van der Waals surface area contributed by atoms with Gasteiger partial charge in [-0.3, -0.25) is 9.69 Å². The topological polar surface area (TPSA) is 63.0 Å². The van der Waals surface area contributed by atoms with Gasteiger partial charge in [0.15, 0.2) is 0 Å². The van der Waals surface area contributed by atoms with Crippen molar-refractivity contribution in [2.45, 2.75) is 13.5 Å². The smallest absolute Gasteiger partial charge is 0.374 e. The highest BCUT2D eigenvalue weighted by Crippen LogP contribution is 2.18. The molecule has 1 aromatic heterocycles. The fourth-order valence-corrected chi connectivity index (χ4v) is 3.03. The highest BCUT2D eigenvalue weighted by molar-refractivity contribution is 5.94. The largest absolute Gasteiger partial charge is 0.463 e. The Morgan fingerprint density at radius 3 is 2.42 bits per heavy atom. The van der Waals surface area contributed by atoms with Crippen molar-refractivity contribution < 1.29 is 23.1 Å². The van der Waals surface area contributed by atoms with E-state index in [1.165, 1.54) is 31.4 Å². The molecule has 1 aromatic carbocycles. The molecule has 2 aromatic rings. The van der Waals surface area contributed by atoms with Crippen LogP contribution in [0.2, 0.25) is 0 Å². The lowest BCUT2D eigenvalue weighted by atomic mass is 10.1. The molecule has 1 aliphatic heterocycles. The molecule has 0 atom stereocenters. The van der Waals surface area contributed by atoms with Crippen LogP contribution in [-0.4, -0.2) is 55.0 Å². The fraction of sp³-hybridized carbons (Fsp3) is 0.368. The second-order valence-electron chi connectivity index (χ2n) is 6.29. The van der Waals surface area contributed by atoms with Crippen LogP contribution < -0.4 is 0 Å². The zero-order valence-corrected chi connectivity index (χ0v) is 14.8. The molecule has 1 saturated heterocycles. The van der Waals surface area contributed by atoms with Gasteiger partial charge in [0.05, 0.1) is 13.7 Å². The fourth-order valence-electron chi connectivity index (χ4n) is 3.03. The van der Waals surface area contributed by atoms with Crippen molar-refractivity contribution in [1.29, 1.82) is 0 Å². The lowest BCUT2D eigenvalue weighted by Crippen LogP contribution is -2.48. The first-order chi connectivity index (χ1) is 12.5. The zero-order chi connectivity index (χ0) is 18.7. The van der Waals surface area contributed by atoms with E-state index in [0.717, 1.165) is 5.56 Å². The number of piperazine rings is 1. The Kier molecular flexibility index (Phi) is 5.37. The van der Waals surface area contributed by atoms with Crippen molar-refractivity contribution in [2.75, 3.05) is 33.3 Å². The van der Waals surface area contributed by atoms with Crippen LogP contribution in [0.15, 0.2) is 34.7 Å². The summed E-state index contributed by atoms with van der Waals surface area (Å²) in [6.45, 7) is 4.93. The molecule has 1 fully saturated rings. The third kappa shape index (κ3) is 3.94. The summed E-state index contributed by atoms with van der Waals surface area (Å²) in [5, 5.41) is 0. The second kappa shape index (κ2) is 7.70. The van der Waals surface area contributed by atoms with Crippen molar-refractivity contribution in [2.24, 2.45) is 0 Å². The van der Waals surface area contributed by atoms with Crippen LogP contribution in [0.25, 0.3) is 0 Å². The van der Waals surface area contributed by atoms with E-state index in [4.69, 9.17) is 9.15 Å². The summed E-state index contributed by atoms with van der Waals surface area (Å²) in [5.74, 6) is -0.00444. The van der Waals surface area contributed by atoms with Crippen molar-refractivity contribution in [3.05, 3.63) is 58.8 Å². The van der Waals surface area contributed by atoms with Crippen molar-refractivity contribution >= 4 is 11.9 Å². The molecule has 1 amide bonds. The predicted octanol–water partition coefficient (Wildman–Crippen LogP) is 2.47. The number of rotatable bonds is 4. The maximum atomic E-state index is 13.0. The van der Waals surface area contributed by atoms with Gasteiger partial charge in [-0.25, -0.2) is 9.18 Å². The molecule has 0 saturated carbocycles. The molecule has 26 heavy (non-hydrogen) atoms. The number of amides is 1. The first kappa shape index (κ1) is 18.1. The predicted molar refractivity (Wildman–Crippen MR) is 92.4 cm³/mol. The van der Waals surface area contributed by atoms with Crippen LogP contribution in [0.5, 0.6) is 0 Å². The maximum Gasteiger partial charge on any atom is 0.374 e. The van der Waals surface area contributed by atoms with E-state index < -0.39 is 5.97 Å². The van der Waals surface area contributed by atoms with Gasteiger partial charge in [-0.05, 0) is 37.3 Å². The quantitative estimate of drug-likeness (QED) is 0.784. The van der Waals surface area contributed by atoms with E-state index in [2.05, 4.69) is 4.90 Å². The lowest BCUT2D eigenvalue weighted by Gasteiger charge is -2.34. The van der Waals surface area contributed by atoms with E-state index in [9.17, 15) is 14.0 Å². The van der Waals surface area contributed by atoms with Gasteiger partial charge < -0.3 is 14.1 Å². The molecule has 6 nitrogen and oxygen atoms in total. The number of nitrogens with zero attached hydrogens (tertiary/aromatic N) is 2. The minimum Gasteiger partial charge on any atom is -0.463 e. The van der Waals surface area contributed by atoms with E-state index in [1.54, 1.807) is 11.8 Å². The Labute approximate surface area is 151 Å². The van der Waals surface area contributed by atoms with Gasteiger partial charge in [-0.1, -0.05) is 0 Å². The Morgan fingerprint density at radius 2 is 1.81 bits per heavy atom. The number of esters is 1. The Hall–Kier alpha value is -2.67. The molecule has 0 radical (unpaired) electrons. The van der Waals surface area contributed by atoms with E-state index in [0.29, 0.717) is 44.0 Å². The van der Waals surface area contributed by atoms with Crippen LogP contribution in [0, 0.1) is 12.7 Å². The van der Waals surface area contributed by atoms with Crippen molar-refractivity contribution in [3.63, 3.8) is 0 Å². The summed E-state index contributed by atoms with van der Waals surface area (Å²) in [5.41, 5.74) is 1.24. The first-order valence-electron chi connectivity index (χ1n) is 8.42. The van der Waals surface area contributed by atoms with Crippen LogP contribution in [-0.2, 0) is 11.3 Å². The van der Waals surface area contributed by atoms with E-state index >= 15 is 0 Å². The molecule has 0 spiro atoms. The molecule has 0 unspecified atom stereocenters. The third-order valence-corrected chi connectivity index (χ3v) is 4.47. The molecule has 3 rings (SSSR count). The van der Waals surface area contributed by atoms with Gasteiger partial charge >= 0.3 is 5.97 Å². The first-order valence-corrected chi connectivity index (χ1v) is 8.42. The SMILES string of the molecule is COC(=O)c1oc(CN2CCN(C(=O)c3ccc(F)cc3)CC2)cc1C. The number of carbonyl (C=O) groups excluding carboxylic acids is 2. The van der Waals surface area contributed by atoms with Gasteiger partial charge in [0.2, 0.25) is 5.76 Å². The summed E-state index contributed by atoms with van der Waals surface area (Å²) in [6.07, 6.45) is 0. The van der Waals surface area contributed by atoms with Gasteiger partial charge in [0.1, 0.15) is 11.6 Å². The maximum absolute atomic E-state index is 13.0. The molecule has 138 valence electrons. The highest BCUT2D eigenvalue weighted by atomic mass is 19.1. The number of hydrogen-bond acceptors (Lipinski definition) is 5. The minimum atomic E-state index is -0.483. The summed E-state index contributed by atoms with van der Waals surface area (Å²) >= 11 is 0. The number of furan rings is 1. The van der Waals surface area contributed by atoms with Gasteiger partial charge in [-0.2, -0.15) is 0 Å². The highest BCUT2D eigenvalue weighted by Gasteiger charge is 2.24. The third-order valence-electron chi connectivity index (χ3n) is 4.47. The summed E-state index contributed by atoms with van der Waals surface area (Å²) in [7, 11) is 1.32. The molecule has 7 heteroatoms. The molecule has 0 bridgehead atoms. The van der Waals surface area contributed by atoms with Gasteiger partial charge in [0, 0.05) is 37.3 Å². The van der Waals surface area contributed by atoms with E-state index in [-0.39, 0.29) is 17.5 Å². The monoisotopic (exact) mass is 360 g/mol. The number of carbonyl (C=O) groups is 2.